The van der Waals surface area contributed by atoms with Crippen LogP contribution in [-0.2, 0) is 23.4 Å². The molecule has 0 fully saturated rings. The second-order valence-corrected chi connectivity index (χ2v) is 8.90. The first-order chi connectivity index (χ1) is 12.8. The standard InChI is InChI=1S/C18H24Cl2N4O2S/c1-4-13(12-27(25,26)15-8-6-5-7-9-15)23-18(21-2)22-11-14-10-16(19)17(20)24(14)3/h5-10,13H,4,11-12H2,1-3H3,(H2,21,22,23). The summed E-state index contributed by atoms with van der Waals surface area (Å²) >= 11 is 12.1. The highest BCUT2D eigenvalue weighted by Crippen LogP contribution is 2.24. The van der Waals surface area contributed by atoms with Gasteiger partial charge in [0.25, 0.3) is 0 Å². The lowest BCUT2D eigenvalue weighted by Gasteiger charge is -2.20. The maximum absolute atomic E-state index is 12.6. The summed E-state index contributed by atoms with van der Waals surface area (Å²) in [6, 6.07) is 9.96. The summed E-state index contributed by atoms with van der Waals surface area (Å²) in [5.74, 6) is 0.495. The van der Waals surface area contributed by atoms with Crippen molar-refractivity contribution in [2.45, 2.75) is 30.8 Å². The molecule has 0 aliphatic carbocycles. The Hall–Kier alpha value is -1.70. The first-order valence-corrected chi connectivity index (χ1v) is 10.9. The number of benzene rings is 1. The topological polar surface area (TPSA) is 75.5 Å². The lowest BCUT2D eigenvalue weighted by atomic mass is 10.2. The van der Waals surface area contributed by atoms with Crippen molar-refractivity contribution in [2.24, 2.45) is 12.0 Å². The molecule has 1 atom stereocenters. The van der Waals surface area contributed by atoms with Crippen LogP contribution in [0, 0.1) is 0 Å². The van der Waals surface area contributed by atoms with Gasteiger partial charge in [-0.2, -0.15) is 0 Å². The molecule has 0 radical (unpaired) electrons. The molecular weight excluding hydrogens is 407 g/mol. The highest BCUT2D eigenvalue weighted by atomic mass is 35.5. The Morgan fingerprint density at radius 1 is 1.26 bits per heavy atom. The van der Waals surface area contributed by atoms with Gasteiger partial charge in [-0.05, 0) is 24.6 Å². The Bertz CT molecular complexity index is 896. The lowest BCUT2D eigenvalue weighted by Crippen LogP contribution is -2.45. The zero-order valence-electron chi connectivity index (χ0n) is 15.5. The van der Waals surface area contributed by atoms with Crippen molar-refractivity contribution in [3.05, 3.63) is 52.3 Å². The summed E-state index contributed by atoms with van der Waals surface area (Å²) in [6.45, 7) is 2.38. The monoisotopic (exact) mass is 430 g/mol. The van der Waals surface area contributed by atoms with E-state index in [1.807, 2.05) is 14.0 Å². The summed E-state index contributed by atoms with van der Waals surface area (Å²) in [6.07, 6.45) is 0.634. The van der Waals surface area contributed by atoms with Crippen LogP contribution < -0.4 is 10.6 Å². The molecular formula is C18H24Cl2N4O2S. The molecule has 1 aromatic carbocycles. The molecule has 1 unspecified atom stereocenters. The van der Waals surface area contributed by atoms with E-state index in [4.69, 9.17) is 23.2 Å². The Morgan fingerprint density at radius 2 is 1.93 bits per heavy atom. The van der Waals surface area contributed by atoms with Gasteiger partial charge in [0.1, 0.15) is 5.15 Å². The highest BCUT2D eigenvalue weighted by Gasteiger charge is 2.21. The predicted molar refractivity (Wildman–Crippen MR) is 111 cm³/mol. The van der Waals surface area contributed by atoms with E-state index in [0.29, 0.717) is 34.0 Å². The lowest BCUT2D eigenvalue weighted by molar-refractivity contribution is 0.568. The molecule has 0 bridgehead atoms. The van der Waals surface area contributed by atoms with E-state index in [-0.39, 0.29) is 11.8 Å². The second-order valence-electron chi connectivity index (χ2n) is 6.10. The molecule has 1 aromatic heterocycles. The fraction of sp³-hybridized carbons (Fsp3) is 0.389. The molecule has 148 valence electrons. The Balaban J connectivity index is 2.02. The van der Waals surface area contributed by atoms with Gasteiger partial charge in [0.2, 0.25) is 0 Å². The van der Waals surface area contributed by atoms with E-state index < -0.39 is 9.84 Å². The van der Waals surface area contributed by atoms with Gasteiger partial charge in [0.05, 0.1) is 22.2 Å². The van der Waals surface area contributed by atoms with Crippen molar-refractivity contribution >= 4 is 39.0 Å². The van der Waals surface area contributed by atoms with Crippen molar-refractivity contribution in [2.75, 3.05) is 12.8 Å². The molecule has 0 aliphatic rings. The molecule has 0 amide bonds. The van der Waals surface area contributed by atoms with E-state index in [1.54, 1.807) is 48.0 Å². The fourth-order valence-electron chi connectivity index (χ4n) is 2.57. The molecule has 6 nitrogen and oxygen atoms in total. The molecule has 2 rings (SSSR count). The van der Waals surface area contributed by atoms with Gasteiger partial charge < -0.3 is 15.2 Å². The summed E-state index contributed by atoms with van der Waals surface area (Å²) in [4.78, 5) is 4.50. The second kappa shape index (κ2) is 9.48. The third kappa shape index (κ3) is 5.64. The summed E-state index contributed by atoms with van der Waals surface area (Å²) < 4.78 is 27.0. The van der Waals surface area contributed by atoms with Crippen LogP contribution in [0.5, 0.6) is 0 Å². The van der Waals surface area contributed by atoms with Crippen LogP contribution >= 0.6 is 23.2 Å². The SMILES string of the molecule is CCC(CS(=O)(=O)c1ccccc1)NC(=NC)NCc1cc(Cl)c(Cl)n1C. The number of halogens is 2. The number of aliphatic imine (C=N–C) groups is 1. The van der Waals surface area contributed by atoms with Crippen LogP contribution in [0.4, 0.5) is 0 Å². The maximum Gasteiger partial charge on any atom is 0.191 e. The Labute approximate surface area is 170 Å². The zero-order chi connectivity index (χ0) is 20.0. The highest BCUT2D eigenvalue weighted by molar-refractivity contribution is 7.91. The first-order valence-electron chi connectivity index (χ1n) is 8.53. The number of aromatic nitrogens is 1. The molecule has 9 heteroatoms. The van der Waals surface area contributed by atoms with Gasteiger partial charge in [-0.3, -0.25) is 4.99 Å². The summed E-state index contributed by atoms with van der Waals surface area (Å²) in [5, 5.41) is 7.29. The molecule has 1 heterocycles. The van der Waals surface area contributed by atoms with Gasteiger partial charge in [0.15, 0.2) is 15.8 Å². The predicted octanol–water partition coefficient (Wildman–Crippen LogP) is 3.25. The van der Waals surface area contributed by atoms with E-state index in [0.717, 1.165) is 5.69 Å². The van der Waals surface area contributed by atoms with Crippen molar-refractivity contribution in [3.63, 3.8) is 0 Å². The number of sulfone groups is 1. The van der Waals surface area contributed by atoms with E-state index >= 15 is 0 Å². The normalized spacial score (nSPS) is 13.4. The van der Waals surface area contributed by atoms with E-state index in [1.165, 1.54) is 0 Å². The van der Waals surface area contributed by atoms with Crippen molar-refractivity contribution in [1.82, 2.24) is 15.2 Å². The Kier molecular flexibility index (Phi) is 7.59. The van der Waals surface area contributed by atoms with Gasteiger partial charge in [-0.25, -0.2) is 8.42 Å². The molecule has 0 saturated carbocycles. The number of nitrogens with zero attached hydrogens (tertiary/aromatic N) is 2. The van der Waals surface area contributed by atoms with Crippen molar-refractivity contribution in [3.8, 4) is 0 Å². The van der Waals surface area contributed by atoms with Gasteiger partial charge in [-0.15, -0.1) is 0 Å². The maximum atomic E-state index is 12.6. The van der Waals surface area contributed by atoms with Crippen LogP contribution in [0.1, 0.15) is 19.0 Å². The smallest absolute Gasteiger partial charge is 0.191 e. The fourth-order valence-corrected chi connectivity index (χ4v) is 4.60. The average molecular weight is 431 g/mol. The van der Waals surface area contributed by atoms with Crippen LogP contribution in [-0.4, -0.2) is 37.8 Å². The molecule has 2 aromatic rings. The molecule has 0 saturated heterocycles. The van der Waals surface area contributed by atoms with Gasteiger partial charge >= 0.3 is 0 Å². The first kappa shape index (κ1) is 21.6. The minimum absolute atomic E-state index is 0.0178. The van der Waals surface area contributed by atoms with Gasteiger partial charge in [0, 0.05) is 25.8 Å². The molecule has 0 aliphatic heterocycles. The molecule has 2 N–H and O–H groups in total. The third-order valence-electron chi connectivity index (χ3n) is 4.23. The molecule has 0 spiro atoms. The number of hydrogen-bond acceptors (Lipinski definition) is 3. The zero-order valence-corrected chi connectivity index (χ0v) is 17.9. The largest absolute Gasteiger partial charge is 0.353 e. The van der Waals surface area contributed by atoms with E-state index in [9.17, 15) is 8.42 Å². The minimum atomic E-state index is -3.39. The van der Waals surface area contributed by atoms with Crippen molar-refractivity contribution in [1.29, 1.82) is 0 Å². The number of nitrogens with one attached hydrogen (secondary N) is 2. The minimum Gasteiger partial charge on any atom is -0.353 e. The van der Waals surface area contributed by atoms with Crippen LogP contribution in [0.2, 0.25) is 10.2 Å². The summed E-state index contributed by atoms with van der Waals surface area (Å²) in [5.41, 5.74) is 0.887. The number of guanidine groups is 1. The van der Waals surface area contributed by atoms with Crippen LogP contribution in [0.3, 0.4) is 0 Å². The summed E-state index contributed by atoms with van der Waals surface area (Å²) in [7, 11) is 0.0739. The van der Waals surface area contributed by atoms with Crippen LogP contribution in [0.15, 0.2) is 46.3 Å². The number of rotatable bonds is 7. The average Bonchev–Trinajstić information content (AvgIpc) is 2.91. The number of hydrogen-bond donors (Lipinski definition) is 2. The third-order valence-corrected chi connectivity index (χ3v) is 6.91. The quantitative estimate of drug-likeness (QED) is 0.521. The Morgan fingerprint density at radius 3 is 2.44 bits per heavy atom. The van der Waals surface area contributed by atoms with Gasteiger partial charge in [-0.1, -0.05) is 48.3 Å². The van der Waals surface area contributed by atoms with Crippen molar-refractivity contribution < 1.29 is 8.42 Å². The van der Waals surface area contributed by atoms with E-state index in [2.05, 4.69) is 15.6 Å². The molecule has 27 heavy (non-hydrogen) atoms. The van der Waals surface area contributed by atoms with Crippen LogP contribution in [0.25, 0.3) is 0 Å².